The van der Waals surface area contributed by atoms with Gasteiger partial charge in [-0.3, -0.25) is 4.90 Å². The first-order chi connectivity index (χ1) is 9.13. The maximum Gasteiger partial charge on any atom is 0.342 e. The Balaban J connectivity index is 2.03. The standard InChI is InChI=1S/C12H18N4O3/c1-10-13-8-12(16(18)19)15(10)7-6-14-5-3-2-4-11(14)9-17/h8-9,11H,2-7H2,1H3. The maximum absolute atomic E-state index is 11.0. The Hall–Kier alpha value is -1.76. The minimum atomic E-state index is -0.423. The second-order valence-electron chi connectivity index (χ2n) is 4.81. The fourth-order valence-corrected chi connectivity index (χ4v) is 2.56. The molecule has 2 rings (SSSR count). The summed E-state index contributed by atoms with van der Waals surface area (Å²) in [5, 5.41) is 10.9. The lowest BCUT2D eigenvalue weighted by atomic mass is 10.0. The zero-order valence-corrected chi connectivity index (χ0v) is 11.0. The Bertz CT molecular complexity index is 472. The minimum absolute atomic E-state index is 0.0113. The van der Waals surface area contributed by atoms with E-state index in [1.165, 1.54) is 6.20 Å². The molecule has 7 nitrogen and oxygen atoms in total. The van der Waals surface area contributed by atoms with Gasteiger partial charge in [0, 0.05) is 13.5 Å². The number of piperidine rings is 1. The van der Waals surface area contributed by atoms with E-state index in [-0.39, 0.29) is 11.9 Å². The van der Waals surface area contributed by atoms with Crippen molar-refractivity contribution in [2.24, 2.45) is 0 Å². The normalized spacial score (nSPS) is 20.4. The molecule has 104 valence electrons. The van der Waals surface area contributed by atoms with Crippen molar-refractivity contribution in [3.05, 3.63) is 22.1 Å². The van der Waals surface area contributed by atoms with Crippen LogP contribution in [-0.2, 0) is 11.3 Å². The van der Waals surface area contributed by atoms with E-state index < -0.39 is 4.92 Å². The van der Waals surface area contributed by atoms with Crippen LogP contribution in [0.25, 0.3) is 0 Å². The number of carbonyl (C=O) groups is 1. The number of nitrogens with zero attached hydrogens (tertiary/aromatic N) is 4. The van der Waals surface area contributed by atoms with Crippen molar-refractivity contribution in [3.63, 3.8) is 0 Å². The second-order valence-corrected chi connectivity index (χ2v) is 4.81. The lowest BCUT2D eigenvalue weighted by Crippen LogP contribution is -2.42. The van der Waals surface area contributed by atoms with E-state index >= 15 is 0 Å². The molecular formula is C12H18N4O3. The summed E-state index contributed by atoms with van der Waals surface area (Å²) in [6, 6.07) is -0.0448. The van der Waals surface area contributed by atoms with Crippen LogP contribution in [0.3, 0.4) is 0 Å². The SMILES string of the molecule is Cc1ncc([N+](=O)[O-])n1CCN1CCCCC1C=O. The molecule has 19 heavy (non-hydrogen) atoms. The van der Waals surface area contributed by atoms with Crippen molar-refractivity contribution in [3.8, 4) is 0 Å². The van der Waals surface area contributed by atoms with Gasteiger partial charge in [-0.25, -0.2) is 9.55 Å². The molecule has 1 atom stereocenters. The zero-order chi connectivity index (χ0) is 13.8. The van der Waals surface area contributed by atoms with Crippen LogP contribution in [0.4, 0.5) is 5.82 Å². The lowest BCUT2D eigenvalue weighted by molar-refractivity contribution is -0.392. The molecule has 0 amide bonds. The average Bonchev–Trinajstić information content (AvgIpc) is 2.78. The highest BCUT2D eigenvalue weighted by molar-refractivity contribution is 5.57. The third-order valence-electron chi connectivity index (χ3n) is 3.65. The molecule has 0 aliphatic carbocycles. The van der Waals surface area contributed by atoms with Gasteiger partial charge >= 0.3 is 5.82 Å². The van der Waals surface area contributed by atoms with E-state index in [2.05, 4.69) is 9.88 Å². The molecule has 0 N–H and O–H groups in total. The highest BCUT2D eigenvalue weighted by Gasteiger charge is 2.24. The summed E-state index contributed by atoms with van der Waals surface area (Å²) in [4.78, 5) is 27.5. The van der Waals surface area contributed by atoms with E-state index in [4.69, 9.17) is 0 Å². The number of hydrogen-bond acceptors (Lipinski definition) is 5. The average molecular weight is 266 g/mol. The van der Waals surface area contributed by atoms with Crippen molar-refractivity contribution in [2.75, 3.05) is 13.1 Å². The number of imidazole rings is 1. The molecule has 1 unspecified atom stereocenters. The molecule has 1 saturated heterocycles. The molecule has 0 bridgehead atoms. The van der Waals surface area contributed by atoms with Gasteiger partial charge in [0.2, 0.25) is 0 Å². The molecule has 2 heterocycles. The summed E-state index contributed by atoms with van der Waals surface area (Å²) in [7, 11) is 0. The summed E-state index contributed by atoms with van der Waals surface area (Å²) in [5.41, 5.74) is 0. The van der Waals surface area contributed by atoms with Crippen LogP contribution < -0.4 is 0 Å². The van der Waals surface area contributed by atoms with Gasteiger partial charge in [-0.05, 0) is 24.3 Å². The van der Waals surface area contributed by atoms with Crippen LogP contribution >= 0.6 is 0 Å². The van der Waals surface area contributed by atoms with Crippen LogP contribution in [0.2, 0.25) is 0 Å². The van der Waals surface area contributed by atoms with Crippen molar-refractivity contribution in [1.82, 2.24) is 14.5 Å². The van der Waals surface area contributed by atoms with E-state index in [1.807, 2.05) is 0 Å². The topological polar surface area (TPSA) is 81.3 Å². The highest BCUT2D eigenvalue weighted by Crippen LogP contribution is 2.17. The predicted molar refractivity (Wildman–Crippen MR) is 68.9 cm³/mol. The molecule has 0 radical (unpaired) electrons. The van der Waals surface area contributed by atoms with Gasteiger partial charge in [-0.1, -0.05) is 6.42 Å². The number of aromatic nitrogens is 2. The van der Waals surface area contributed by atoms with E-state index in [0.717, 1.165) is 32.1 Å². The van der Waals surface area contributed by atoms with Gasteiger partial charge in [0.05, 0.1) is 6.04 Å². The van der Waals surface area contributed by atoms with Crippen LogP contribution in [0.1, 0.15) is 25.1 Å². The summed E-state index contributed by atoms with van der Waals surface area (Å²) < 4.78 is 1.59. The lowest BCUT2D eigenvalue weighted by Gasteiger charge is -2.31. The Labute approximate surface area is 111 Å². The number of aldehydes is 1. The number of hydrogen-bond donors (Lipinski definition) is 0. The van der Waals surface area contributed by atoms with Crippen molar-refractivity contribution in [1.29, 1.82) is 0 Å². The number of likely N-dealkylation sites (tertiary alicyclic amines) is 1. The van der Waals surface area contributed by atoms with Crippen molar-refractivity contribution in [2.45, 2.75) is 38.8 Å². The van der Waals surface area contributed by atoms with Crippen molar-refractivity contribution >= 4 is 12.1 Å². The Morgan fingerprint density at radius 1 is 1.53 bits per heavy atom. The first-order valence-corrected chi connectivity index (χ1v) is 6.49. The summed E-state index contributed by atoms with van der Waals surface area (Å²) in [6.07, 6.45) is 5.30. The molecule has 1 aromatic rings. The molecule has 0 saturated carbocycles. The molecule has 1 fully saturated rings. The Morgan fingerprint density at radius 2 is 2.32 bits per heavy atom. The monoisotopic (exact) mass is 266 g/mol. The fourth-order valence-electron chi connectivity index (χ4n) is 2.56. The quantitative estimate of drug-likeness (QED) is 0.453. The molecular weight excluding hydrogens is 248 g/mol. The smallest absolute Gasteiger partial charge is 0.342 e. The molecule has 0 spiro atoms. The van der Waals surface area contributed by atoms with Gasteiger partial charge < -0.3 is 14.9 Å². The van der Waals surface area contributed by atoms with Gasteiger partial charge in [0.25, 0.3) is 0 Å². The van der Waals surface area contributed by atoms with Crippen LogP contribution in [0, 0.1) is 17.0 Å². The molecule has 0 aromatic carbocycles. The minimum Gasteiger partial charge on any atom is -0.358 e. The fraction of sp³-hybridized carbons (Fsp3) is 0.667. The largest absolute Gasteiger partial charge is 0.358 e. The predicted octanol–water partition coefficient (Wildman–Crippen LogP) is 1.15. The van der Waals surface area contributed by atoms with Gasteiger partial charge in [0.1, 0.15) is 19.0 Å². The maximum atomic E-state index is 11.0. The van der Waals surface area contributed by atoms with Crippen molar-refractivity contribution < 1.29 is 9.72 Å². The van der Waals surface area contributed by atoms with Crippen LogP contribution in [0.5, 0.6) is 0 Å². The number of aryl methyl sites for hydroxylation is 1. The third-order valence-corrected chi connectivity index (χ3v) is 3.65. The highest BCUT2D eigenvalue weighted by atomic mass is 16.6. The summed E-state index contributed by atoms with van der Waals surface area (Å²) >= 11 is 0. The van der Waals surface area contributed by atoms with E-state index in [9.17, 15) is 14.9 Å². The molecule has 1 aliphatic heterocycles. The van der Waals surface area contributed by atoms with E-state index in [0.29, 0.717) is 18.9 Å². The number of rotatable bonds is 5. The molecule has 7 heteroatoms. The zero-order valence-electron chi connectivity index (χ0n) is 11.0. The summed E-state index contributed by atoms with van der Waals surface area (Å²) in [6.45, 7) is 3.76. The molecule has 1 aliphatic rings. The first kappa shape index (κ1) is 13.7. The van der Waals surface area contributed by atoms with Crippen LogP contribution in [-0.4, -0.2) is 44.8 Å². The molecule has 1 aromatic heterocycles. The summed E-state index contributed by atoms with van der Waals surface area (Å²) in [5.74, 6) is 0.642. The second kappa shape index (κ2) is 5.92. The number of carbonyl (C=O) groups excluding carboxylic acids is 1. The third kappa shape index (κ3) is 2.98. The first-order valence-electron chi connectivity index (χ1n) is 6.49. The number of nitro groups is 1. The van der Waals surface area contributed by atoms with Crippen LogP contribution in [0.15, 0.2) is 6.20 Å². The van der Waals surface area contributed by atoms with Gasteiger partial charge in [0.15, 0.2) is 5.82 Å². The van der Waals surface area contributed by atoms with Gasteiger partial charge in [-0.15, -0.1) is 0 Å². The Morgan fingerprint density at radius 3 is 3.00 bits per heavy atom. The van der Waals surface area contributed by atoms with E-state index in [1.54, 1.807) is 11.5 Å². The Kier molecular flexibility index (Phi) is 4.26. The van der Waals surface area contributed by atoms with Gasteiger partial charge in [-0.2, -0.15) is 0 Å².